The predicted octanol–water partition coefficient (Wildman–Crippen LogP) is 4.65. The first-order valence-corrected chi connectivity index (χ1v) is 8.94. The average molecular weight is 361 g/mol. The third-order valence-electron chi connectivity index (χ3n) is 4.01. The Balaban J connectivity index is 1.68. The van der Waals surface area contributed by atoms with Gasteiger partial charge in [-0.1, -0.05) is 42.0 Å². The van der Waals surface area contributed by atoms with E-state index in [2.05, 4.69) is 40.7 Å². The van der Waals surface area contributed by atoms with Crippen molar-refractivity contribution >= 4 is 17.3 Å². The molecule has 3 aromatic rings. The molecule has 3 rings (SSSR count). The van der Waals surface area contributed by atoms with Crippen LogP contribution in [0.4, 0.5) is 11.4 Å². The minimum atomic E-state index is -0.277. The van der Waals surface area contributed by atoms with Crippen molar-refractivity contribution in [1.82, 2.24) is 4.98 Å². The summed E-state index contributed by atoms with van der Waals surface area (Å²) in [4.78, 5) is 16.8. The van der Waals surface area contributed by atoms with E-state index in [1.807, 2.05) is 43.3 Å². The molecule has 1 heterocycles. The lowest BCUT2D eigenvalue weighted by molar-refractivity contribution is 0.102. The summed E-state index contributed by atoms with van der Waals surface area (Å²) in [5.41, 5.74) is 4.22. The molecule has 27 heavy (non-hydrogen) atoms. The number of benzene rings is 2. The molecule has 2 N–H and O–H groups in total. The second-order valence-electron chi connectivity index (χ2n) is 6.16. The third kappa shape index (κ3) is 5.07. The SMILES string of the molecule is CCOc1ccccc1NC(=O)c1cc(NCc2cccc(C)c2)ccn1. The number of hydrogen-bond acceptors (Lipinski definition) is 4. The van der Waals surface area contributed by atoms with E-state index in [9.17, 15) is 4.79 Å². The first kappa shape index (κ1) is 18.5. The van der Waals surface area contributed by atoms with Crippen molar-refractivity contribution in [2.24, 2.45) is 0 Å². The van der Waals surface area contributed by atoms with Crippen LogP contribution in [0.2, 0.25) is 0 Å². The normalized spacial score (nSPS) is 10.3. The molecule has 0 aliphatic rings. The maximum absolute atomic E-state index is 12.6. The van der Waals surface area contributed by atoms with Gasteiger partial charge in [0.05, 0.1) is 12.3 Å². The van der Waals surface area contributed by atoms with Gasteiger partial charge in [-0.2, -0.15) is 0 Å². The number of para-hydroxylation sites is 2. The fourth-order valence-corrected chi connectivity index (χ4v) is 2.73. The van der Waals surface area contributed by atoms with Crippen LogP contribution in [-0.2, 0) is 6.54 Å². The zero-order valence-electron chi connectivity index (χ0n) is 15.5. The van der Waals surface area contributed by atoms with E-state index in [0.29, 0.717) is 30.3 Å². The van der Waals surface area contributed by atoms with Crippen molar-refractivity contribution in [3.63, 3.8) is 0 Å². The van der Waals surface area contributed by atoms with Crippen LogP contribution in [0.5, 0.6) is 5.75 Å². The molecule has 0 spiro atoms. The molecule has 0 saturated heterocycles. The molecule has 0 unspecified atom stereocenters. The Morgan fingerprint density at radius 1 is 1.07 bits per heavy atom. The number of anilines is 2. The molecule has 0 bridgehead atoms. The van der Waals surface area contributed by atoms with Crippen LogP contribution >= 0.6 is 0 Å². The van der Waals surface area contributed by atoms with E-state index in [-0.39, 0.29) is 5.91 Å². The first-order chi connectivity index (χ1) is 13.2. The van der Waals surface area contributed by atoms with Gasteiger partial charge in [-0.05, 0) is 43.7 Å². The van der Waals surface area contributed by atoms with Gasteiger partial charge < -0.3 is 15.4 Å². The Morgan fingerprint density at radius 2 is 1.93 bits per heavy atom. The largest absolute Gasteiger partial charge is 0.492 e. The van der Waals surface area contributed by atoms with Crippen molar-refractivity contribution in [2.45, 2.75) is 20.4 Å². The first-order valence-electron chi connectivity index (χ1n) is 8.94. The molecule has 0 fully saturated rings. The van der Waals surface area contributed by atoms with E-state index in [4.69, 9.17) is 4.74 Å². The molecular weight excluding hydrogens is 338 g/mol. The fourth-order valence-electron chi connectivity index (χ4n) is 2.73. The van der Waals surface area contributed by atoms with E-state index in [1.165, 1.54) is 11.1 Å². The lowest BCUT2D eigenvalue weighted by Gasteiger charge is -2.12. The van der Waals surface area contributed by atoms with Crippen molar-refractivity contribution in [2.75, 3.05) is 17.2 Å². The topological polar surface area (TPSA) is 63.2 Å². The van der Waals surface area contributed by atoms with Gasteiger partial charge in [0.1, 0.15) is 11.4 Å². The second kappa shape index (κ2) is 8.85. The van der Waals surface area contributed by atoms with E-state index >= 15 is 0 Å². The maximum Gasteiger partial charge on any atom is 0.274 e. The van der Waals surface area contributed by atoms with Crippen LogP contribution < -0.4 is 15.4 Å². The van der Waals surface area contributed by atoms with Crippen LogP contribution in [0.1, 0.15) is 28.5 Å². The molecule has 5 heteroatoms. The molecule has 0 aliphatic heterocycles. The van der Waals surface area contributed by atoms with Gasteiger partial charge >= 0.3 is 0 Å². The zero-order valence-corrected chi connectivity index (χ0v) is 15.5. The smallest absolute Gasteiger partial charge is 0.274 e. The molecule has 0 atom stereocenters. The summed E-state index contributed by atoms with van der Waals surface area (Å²) >= 11 is 0. The predicted molar refractivity (Wildman–Crippen MR) is 108 cm³/mol. The Kier molecular flexibility index (Phi) is 6.05. The van der Waals surface area contributed by atoms with Crippen LogP contribution in [0.3, 0.4) is 0 Å². The number of carbonyl (C=O) groups excluding carboxylic acids is 1. The highest BCUT2D eigenvalue weighted by Crippen LogP contribution is 2.24. The van der Waals surface area contributed by atoms with Crippen molar-refractivity contribution in [3.8, 4) is 5.75 Å². The van der Waals surface area contributed by atoms with Crippen LogP contribution in [0.25, 0.3) is 0 Å². The number of nitrogens with one attached hydrogen (secondary N) is 2. The summed E-state index contributed by atoms with van der Waals surface area (Å²) in [5, 5.41) is 6.20. The van der Waals surface area contributed by atoms with E-state index < -0.39 is 0 Å². The van der Waals surface area contributed by atoms with Gasteiger partial charge in [0.15, 0.2) is 0 Å². The number of carbonyl (C=O) groups is 1. The number of rotatable bonds is 7. The molecule has 5 nitrogen and oxygen atoms in total. The molecule has 1 amide bonds. The van der Waals surface area contributed by atoms with Gasteiger partial charge in [-0.15, -0.1) is 0 Å². The lowest BCUT2D eigenvalue weighted by atomic mass is 10.1. The highest BCUT2D eigenvalue weighted by Gasteiger charge is 2.11. The molecule has 2 aromatic carbocycles. The van der Waals surface area contributed by atoms with Gasteiger partial charge in [0.25, 0.3) is 5.91 Å². The molecule has 0 radical (unpaired) electrons. The summed E-state index contributed by atoms with van der Waals surface area (Å²) < 4.78 is 5.55. The summed E-state index contributed by atoms with van der Waals surface area (Å²) in [5.74, 6) is 0.364. The van der Waals surface area contributed by atoms with Gasteiger partial charge in [0.2, 0.25) is 0 Å². The van der Waals surface area contributed by atoms with Crippen LogP contribution in [0.15, 0.2) is 66.9 Å². The monoisotopic (exact) mass is 361 g/mol. The van der Waals surface area contributed by atoms with Crippen molar-refractivity contribution in [3.05, 3.63) is 83.7 Å². The molecular formula is C22H23N3O2. The number of nitrogens with zero attached hydrogens (tertiary/aromatic N) is 1. The number of aromatic nitrogens is 1. The van der Waals surface area contributed by atoms with Crippen molar-refractivity contribution < 1.29 is 9.53 Å². The standard InChI is InChI=1S/C22H23N3O2/c1-3-27-21-10-5-4-9-19(21)25-22(26)20-14-18(11-12-23-20)24-15-17-8-6-7-16(2)13-17/h4-14H,3,15H2,1-2H3,(H,23,24)(H,25,26). The fraction of sp³-hybridized carbons (Fsp3) is 0.182. The summed E-state index contributed by atoms with van der Waals surface area (Å²) in [6.45, 7) is 5.19. The third-order valence-corrected chi connectivity index (χ3v) is 4.01. The molecule has 138 valence electrons. The number of aryl methyl sites for hydroxylation is 1. The van der Waals surface area contributed by atoms with E-state index in [0.717, 1.165) is 5.69 Å². The minimum absolute atomic E-state index is 0.277. The average Bonchev–Trinajstić information content (AvgIpc) is 2.68. The second-order valence-corrected chi connectivity index (χ2v) is 6.16. The zero-order chi connectivity index (χ0) is 19.1. The number of ether oxygens (including phenoxy) is 1. The lowest BCUT2D eigenvalue weighted by Crippen LogP contribution is -2.15. The Bertz CT molecular complexity index is 925. The van der Waals surface area contributed by atoms with Crippen LogP contribution in [-0.4, -0.2) is 17.5 Å². The van der Waals surface area contributed by atoms with Crippen LogP contribution in [0, 0.1) is 6.92 Å². The van der Waals surface area contributed by atoms with E-state index in [1.54, 1.807) is 12.3 Å². The minimum Gasteiger partial charge on any atom is -0.492 e. The summed E-state index contributed by atoms with van der Waals surface area (Å²) in [6, 6.07) is 19.3. The Morgan fingerprint density at radius 3 is 2.74 bits per heavy atom. The number of amides is 1. The highest BCUT2D eigenvalue weighted by atomic mass is 16.5. The number of hydrogen-bond donors (Lipinski definition) is 2. The molecule has 0 aliphatic carbocycles. The molecule has 1 aromatic heterocycles. The maximum atomic E-state index is 12.6. The summed E-state index contributed by atoms with van der Waals surface area (Å²) in [7, 11) is 0. The van der Waals surface area contributed by atoms with Gasteiger partial charge in [-0.25, -0.2) is 0 Å². The highest BCUT2D eigenvalue weighted by molar-refractivity contribution is 6.04. The number of pyridine rings is 1. The molecule has 0 saturated carbocycles. The Hall–Kier alpha value is -3.34. The quantitative estimate of drug-likeness (QED) is 0.643. The van der Waals surface area contributed by atoms with Gasteiger partial charge in [-0.3, -0.25) is 9.78 Å². The van der Waals surface area contributed by atoms with Gasteiger partial charge in [0, 0.05) is 18.4 Å². The summed E-state index contributed by atoms with van der Waals surface area (Å²) in [6.07, 6.45) is 1.63. The van der Waals surface area contributed by atoms with Crippen molar-refractivity contribution in [1.29, 1.82) is 0 Å². The Labute approximate surface area is 159 Å².